The average molecular weight is 444 g/mol. The number of hydrogen-bond donors (Lipinski definition) is 0. The first-order valence-electron chi connectivity index (χ1n) is 11.0. The van der Waals surface area contributed by atoms with Crippen LogP contribution in [0, 0.1) is 5.41 Å². The average Bonchev–Trinajstić information content (AvgIpc) is 2.72. The zero-order valence-corrected chi connectivity index (χ0v) is 19.9. The summed E-state index contributed by atoms with van der Waals surface area (Å²) in [5.41, 5.74) is 2.13. The molecule has 1 fully saturated rings. The van der Waals surface area contributed by atoms with Crippen LogP contribution in [0.25, 0.3) is 0 Å². The second kappa shape index (κ2) is 10.1. The van der Waals surface area contributed by atoms with Gasteiger partial charge in [0, 0.05) is 31.6 Å². The van der Waals surface area contributed by atoms with Crippen LogP contribution in [-0.4, -0.2) is 36.7 Å². The molecule has 1 aliphatic heterocycles. The predicted octanol–water partition coefficient (Wildman–Crippen LogP) is 5.91. The van der Waals surface area contributed by atoms with Crippen LogP contribution in [0.1, 0.15) is 51.2 Å². The van der Waals surface area contributed by atoms with Gasteiger partial charge in [0.2, 0.25) is 5.91 Å². The molecule has 0 bridgehead atoms. The third-order valence-electron chi connectivity index (χ3n) is 6.34. The number of halogens is 1. The fraction of sp³-hybridized carbons (Fsp3) is 0.500. The van der Waals surface area contributed by atoms with Crippen molar-refractivity contribution in [2.24, 2.45) is 5.41 Å². The topological polar surface area (TPSA) is 38.8 Å². The quantitative estimate of drug-likeness (QED) is 0.509. The third-order valence-corrected chi connectivity index (χ3v) is 6.71. The normalized spacial score (nSPS) is 20.3. The van der Waals surface area contributed by atoms with Gasteiger partial charge in [0.25, 0.3) is 0 Å². The lowest BCUT2D eigenvalue weighted by atomic mass is 9.68. The van der Waals surface area contributed by atoms with Crippen molar-refractivity contribution in [3.63, 3.8) is 0 Å². The van der Waals surface area contributed by atoms with Gasteiger partial charge in [0.1, 0.15) is 5.75 Å². The molecule has 1 amide bonds. The van der Waals surface area contributed by atoms with Gasteiger partial charge in [-0.2, -0.15) is 0 Å². The molecule has 0 N–H and O–H groups in total. The Balaban J connectivity index is 1.77. The summed E-state index contributed by atoms with van der Waals surface area (Å²) in [4.78, 5) is 14.4. The van der Waals surface area contributed by atoms with Gasteiger partial charge < -0.3 is 14.4 Å². The molecular weight excluding hydrogens is 410 g/mol. The Hall–Kier alpha value is -2.04. The van der Waals surface area contributed by atoms with Crippen LogP contribution in [0.4, 0.5) is 0 Å². The molecule has 4 nitrogen and oxygen atoms in total. The number of rotatable bonds is 8. The van der Waals surface area contributed by atoms with Gasteiger partial charge in [-0.05, 0) is 74.3 Å². The molecule has 0 aliphatic carbocycles. The van der Waals surface area contributed by atoms with Crippen molar-refractivity contribution in [1.29, 1.82) is 0 Å². The van der Waals surface area contributed by atoms with Crippen LogP contribution in [0.15, 0.2) is 48.5 Å². The Morgan fingerprint density at radius 2 is 1.87 bits per heavy atom. The lowest BCUT2D eigenvalue weighted by molar-refractivity contribution is -0.131. The van der Waals surface area contributed by atoms with Crippen molar-refractivity contribution in [2.45, 2.75) is 58.6 Å². The maximum atomic E-state index is 12.4. The number of carbonyl (C=O) groups is 1. The first kappa shape index (κ1) is 23.6. The molecule has 168 valence electrons. The summed E-state index contributed by atoms with van der Waals surface area (Å²) in [7, 11) is 1.66. The van der Waals surface area contributed by atoms with Crippen molar-refractivity contribution in [2.75, 3.05) is 20.3 Å². The molecule has 1 aliphatic rings. The molecule has 1 atom stereocenters. The van der Waals surface area contributed by atoms with E-state index in [-0.39, 0.29) is 16.9 Å². The Labute approximate surface area is 191 Å². The zero-order chi connectivity index (χ0) is 22.5. The summed E-state index contributed by atoms with van der Waals surface area (Å²) in [6.45, 7) is 8.01. The van der Waals surface area contributed by atoms with Crippen molar-refractivity contribution < 1.29 is 14.3 Å². The van der Waals surface area contributed by atoms with Gasteiger partial charge >= 0.3 is 0 Å². The molecule has 31 heavy (non-hydrogen) atoms. The molecule has 3 rings (SSSR count). The van der Waals surface area contributed by atoms with E-state index in [9.17, 15) is 4.79 Å². The van der Waals surface area contributed by atoms with E-state index in [0.717, 1.165) is 48.6 Å². The van der Waals surface area contributed by atoms with E-state index in [0.29, 0.717) is 13.1 Å². The highest BCUT2D eigenvalue weighted by Crippen LogP contribution is 2.45. The molecule has 5 heteroatoms. The number of amides is 1. The summed E-state index contributed by atoms with van der Waals surface area (Å²) >= 11 is 6.52. The van der Waals surface area contributed by atoms with Gasteiger partial charge in [0.05, 0.1) is 12.7 Å². The minimum Gasteiger partial charge on any atom is -0.497 e. The minimum atomic E-state index is -0.184. The summed E-state index contributed by atoms with van der Waals surface area (Å²) in [5.74, 6) is 0.913. The van der Waals surface area contributed by atoms with Crippen LogP contribution in [0.5, 0.6) is 5.75 Å². The highest BCUT2D eigenvalue weighted by atomic mass is 35.5. The highest BCUT2D eigenvalue weighted by molar-refractivity contribution is 6.31. The van der Waals surface area contributed by atoms with Gasteiger partial charge in [-0.25, -0.2) is 0 Å². The van der Waals surface area contributed by atoms with Crippen molar-refractivity contribution in [3.8, 4) is 5.75 Å². The van der Waals surface area contributed by atoms with E-state index in [2.05, 4.69) is 19.9 Å². The first-order chi connectivity index (χ1) is 14.7. The molecule has 0 saturated carbocycles. The van der Waals surface area contributed by atoms with Gasteiger partial charge in [-0.1, -0.05) is 41.9 Å². The third kappa shape index (κ3) is 6.47. The molecule has 0 aromatic heterocycles. The molecule has 1 heterocycles. The molecule has 1 saturated heterocycles. The Kier molecular flexibility index (Phi) is 7.66. The monoisotopic (exact) mass is 443 g/mol. The lowest BCUT2D eigenvalue weighted by Gasteiger charge is -2.46. The fourth-order valence-corrected chi connectivity index (χ4v) is 4.96. The molecular formula is C26H34ClNO3. The minimum absolute atomic E-state index is 0.0420. The maximum absolute atomic E-state index is 12.4. The van der Waals surface area contributed by atoms with Crippen LogP contribution in [0.2, 0.25) is 5.02 Å². The fourth-order valence-electron chi connectivity index (χ4n) is 4.76. The number of methoxy groups -OCH3 is 1. The van der Waals surface area contributed by atoms with Gasteiger partial charge in [0.15, 0.2) is 0 Å². The Bertz CT molecular complexity index is 880. The van der Waals surface area contributed by atoms with E-state index >= 15 is 0 Å². The number of carbonyl (C=O) groups excluding carboxylic acids is 1. The smallest absolute Gasteiger partial charge is 0.219 e. The lowest BCUT2D eigenvalue weighted by Crippen LogP contribution is -2.44. The molecule has 0 spiro atoms. The first-order valence-corrected chi connectivity index (χ1v) is 11.4. The van der Waals surface area contributed by atoms with E-state index in [4.69, 9.17) is 21.1 Å². The van der Waals surface area contributed by atoms with Crippen LogP contribution < -0.4 is 4.74 Å². The predicted molar refractivity (Wildman–Crippen MR) is 126 cm³/mol. The van der Waals surface area contributed by atoms with Crippen LogP contribution in [-0.2, 0) is 22.5 Å². The highest BCUT2D eigenvalue weighted by Gasteiger charge is 2.41. The SMILES string of the molecule is COc1ccc(CN(CC[C@@]2(Cc3ccccc3Cl)CCOC(C)(C)C2)C(C)=O)cc1. The van der Waals surface area contributed by atoms with Crippen molar-refractivity contribution in [3.05, 3.63) is 64.7 Å². The summed E-state index contributed by atoms with van der Waals surface area (Å²) in [5, 5.41) is 0.813. The van der Waals surface area contributed by atoms with Crippen LogP contribution in [0.3, 0.4) is 0 Å². The summed E-state index contributed by atoms with van der Waals surface area (Å²) in [6, 6.07) is 16.0. The molecule has 2 aromatic carbocycles. The van der Waals surface area contributed by atoms with Gasteiger partial charge in [-0.3, -0.25) is 4.79 Å². The van der Waals surface area contributed by atoms with Crippen LogP contribution >= 0.6 is 11.6 Å². The number of hydrogen-bond acceptors (Lipinski definition) is 3. The van der Waals surface area contributed by atoms with Crippen molar-refractivity contribution in [1.82, 2.24) is 4.90 Å². The molecule has 2 aromatic rings. The van der Waals surface area contributed by atoms with E-state index in [1.807, 2.05) is 47.4 Å². The number of ether oxygens (including phenoxy) is 2. The molecule has 0 radical (unpaired) electrons. The van der Waals surface area contributed by atoms with Gasteiger partial charge in [-0.15, -0.1) is 0 Å². The summed E-state index contributed by atoms with van der Waals surface area (Å²) < 4.78 is 11.3. The Morgan fingerprint density at radius 3 is 2.48 bits per heavy atom. The summed E-state index contributed by atoms with van der Waals surface area (Å²) in [6.07, 6.45) is 3.73. The second-order valence-electron chi connectivity index (χ2n) is 9.34. The van der Waals surface area contributed by atoms with E-state index < -0.39 is 0 Å². The Morgan fingerprint density at radius 1 is 1.16 bits per heavy atom. The number of benzene rings is 2. The standard InChI is InChI=1S/C26H34ClNO3/c1-20(29)28(18-21-9-11-23(30-4)12-10-21)15-13-26(14-16-31-25(2,3)19-26)17-22-7-5-6-8-24(22)27/h5-12H,13-19H2,1-4H3/t26-/m0/s1. The maximum Gasteiger partial charge on any atom is 0.219 e. The largest absolute Gasteiger partial charge is 0.497 e. The number of nitrogens with zero attached hydrogens (tertiary/aromatic N) is 1. The van der Waals surface area contributed by atoms with E-state index in [1.54, 1.807) is 14.0 Å². The molecule has 0 unspecified atom stereocenters. The van der Waals surface area contributed by atoms with E-state index in [1.165, 1.54) is 5.56 Å². The second-order valence-corrected chi connectivity index (χ2v) is 9.75. The zero-order valence-electron chi connectivity index (χ0n) is 19.1. The van der Waals surface area contributed by atoms with Crippen molar-refractivity contribution >= 4 is 17.5 Å².